The van der Waals surface area contributed by atoms with Crippen molar-refractivity contribution in [3.8, 4) is 0 Å². The van der Waals surface area contributed by atoms with Gasteiger partial charge in [0.15, 0.2) is 0 Å². The molecule has 1 aromatic rings. The van der Waals surface area contributed by atoms with Gasteiger partial charge in [0.1, 0.15) is 12.4 Å². The SMILES string of the molecule is CC(=O)CC(CC(C)C)NC(=O)OCc1ccccc1. The van der Waals surface area contributed by atoms with Gasteiger partial charge in [0.2, 0.25) is 0 Å². The molecular weight excluding hydrogens is 254 g/mol. The largest absolute Gasteiger partial charge is 0.445 e. The average molecular weight is 277 g/mol. The third-order valence-electron chi connectivity index (χ3n) is 2.82. The molecule has 0 saturated carbocycles. The first kappa shape index (κ1) is 16.2. The summed E-state index contributed by atoms with van der Waals surface area (Å²) in [6, 6.07) is 9.34. The predicted molar refractivity (Wildman–Crippen MR) is 78.3 cm³/mol. The van der Waals surface area contributed by atoms with Crippen LogP contribution in [0.5, 0.6) is 0 Å². The fourth-order valence-corrected chi connectivity index (χ4v) is 2.04. The molecule has 0 aliphatic rings. The molecule has 0 bridgehead atoms. The van der Waals surface area contributed by atoms with E-state index in [0.29, 0.717) is 12.3 Å². The molecule has 1 atom stereocenters. The quantitative estimate of drug-likeness (QED) is 0.832. The maximum atomic E-state index is 11.7. The number of hydrogen-bond acceptors (Lipinski definition) is 3. The van der Waals surface area contributed by atoms with Gasteiger partial charge in [0.05, 0.1) is 0 Å². The molecule has 110 valence electrons. The van der Waals surface area contributed by atoms with E-state index < -0.39 is 6.09 Å². The van der Waals surface area contributed by atoms with Crippen LogP contribution in [-0.2, 0) is 16.1 Å². The van der Waals surface area contributed by atoms with Gasteiger partial charge in [-0.3, -0.25) is 4.79 Å². The number of nitrogens with one attached hydrogen (secondary N) is 1. The molecular formula is C16H23NO3. The second-order valence-corrected chi connectivity index (χ2v) is 5.44. The topological polar surface area (TPSA) is 55.4 Å². The van der Waals surface area contributed by atoms with Gasteiger partial charge in [0, 0.05) is 12.5 Å². The van der Waals surface area contributed by atoms with Crippen LogP contribution in [0.25, 0.3) is 0 Å². The van der Waals surface area contributed by atoms with Crippen LogP contribution in [0.4, 0.5) is 4.79 Å². The van der Waals surface area contributed by atoms with Crippen molar-refractivity contribution in [2.45, 2.75) is 46.3 Å². The molecule has 4 heteroatoms. The molecule has 0 fully saturated rings. The summed E-state index contributed by atoms with van der Waals surface area (Å²) in [6.07, 6.45) is 0.638. The molecule has 1 unspecified atom stereocenters. The lowest BCUT2D eigenvalue weighted by molar-refractivity contribution is -0.117. The van der Waals surface area contributed by atoms with Crippen molar-refractivity contribution in [3.05, 3.63) is 35.9 Å². The van der Waals surface area contributed by atoms with Crippen molar-refractivity contribution in [1.29, 1.82) is 0 Å². The van der Waals surface area contributed by atoms with Crippen molar-refractivity contribution in [3.63, 3.8) is 0 Å². The van der Waals surface area contributed by atoms with E-state index in [2.05, 4.69) is 19.2 Å². The lowest BCUT2D eigenvalue weighted by Crippen LogP contribution is -2.37. The number of ether oxygens (including phenoxy) is 1. The minimum absolute atomic E-state index is 0.0685. The van der Waals surface area contributed by atoms with Crippen LogP contribution in [0.15, 0.2) is 30.3 Å². The zero-order valence-corrected chi connectivity index (χ0v) is 12.4. The lowest BCUT2D eigenvalue weighted by atomic mass is 10.00. The second-order valence-electron chi connectivity index (χ2n) is 5.44. The summed E-state index contributed by atoms with van der Waals surface area (Å²) in [5, 5.41) is 2.77. The van der Waals surface area contributed by atoms with Crippen LogP contribution in [-0.4, -0.2) is 17.9 Å². The zero-order valence-electron chi connectivity index (χ0n) is 12.4. The van der Waals surface area contributed by atoms with Crippen molar-refractivity contribution >= 4 is 11.9 Å². The van der Waals surface area contributed by atoms with Crippen LogP contribution in [0.1, 0.15) is 39.2 Å². The number of Topliss-reactive ketones (excluding diaryl/α,β-unsaturated/α-hetero) is 1. The normalized spacial score (nSPS) is 12.0. The van der Waals surface area contributed by atoms with Gasteiger partial charge in [-0.05, 0) is 24.8 Å². The maximum absolute atomic E-state index is 11.7. The fraction of sp³-hybridized carbons (Fsp3) is 0.500. The van der Waals surface area contributed by atoms with E-state index >= 15 is 0 Å². The summed E-state index contributed by atoms with van der Waals surface area (Å²) >= 11 is 0. The Morgan fingerprint density at radius 3 is 2.40 bits per heavy atom. The number of hydrogen-bond donors (Lipinski definition) is 1. The number of benzene rings is 1. The molecule has 1 N–H and O–H groups in total. The van der Waals surface area contributed by atoms with Gasteiger partial charge in [-0.25, -0.2) is 4.79 Å². The third-order valence-corrected chi connectivity index (χ3v) is 2.82. The van der Waals surface area contributed by atoms with Gasteiger partial charge in [-0.1, -0.05) is 44.2 Å². The van der Waals surface area contributed by atoms with E-state index in [1.54, 1.807) is 0 Å². The molecule has 0 heterocycles. The minimum atomic E-state index is -0.472. The van der Waals surface area contributed by atoms with Gasteiger partial charge < -0.3 is 10.1 Å². The number of alkyl carbamates (subject to hydrolysis) is 1. The Morgan fingerprint density at radius 2 is 1.85 bits per heavy atom. The number of amides is 1. The highest BCUT2D eigenvalue weighted by molar-refractivity contribution is 5.77. The van der Waals surface area contributed by atoms with Crippen molar-refractivity contribution in [2.24, 2.45) is 5.92 Å². The lowest BCUT2D eigenvalue weighted by Gasteiger charge is -2.19. The molecule has 0 aromatic heterocycles. The molecule has 1 rings (SSSR count). The first-order valence-electron chi connectivity index (χ1n) is 6.94. The highest BCUT2D eigenvalue weighted by Crippen LogP contribution is 2.09. The summed E-state index contributed by atoms with van der Waals surface area (Å²) in [4.78, 5) is 22.9. The van der Waals surface area contributed by atoms with E-state index in [1.165, 1.54) is 6.92 Å². The average Bonchev–Trinajstić information content (AvgIpc) is 2.36. The first-order valence-corrected chi connectivity index (χ1v) is 6.94. The van der Waals surface area contributed by atoms with Crippen LogP contribution < -0.4 is 5.32 Å². The van der Waals surface area contributed by atoms with E-state index in [1.807, 2.05) is 30.3 Å². The predicted octanol–water partition coefficient (Wildman–Crippen LogP) is 3.31. The summed E-state index contributed by atoms with van der Waals surface area (Å²) in [6.45, 7) is 5.89. The standard InChI is InChI=1S/C16H23NO3/c1-12(2)9-15(10-13(3)18)17-16(19)20-11-14-7-5-4-6-8-14/h4-8,12,15H,9-11H2,1-3H3,(H,17,19). The summed E-state index contributed by atoms with van der Waals surface area (Å²) < 4.78 is 5.16. The van der Waals surface area contributed by atoms with Crippen LogP contribution >= 0.6 is 0 Å². The van der Waals surface area contributed by atoms with Crippen molar-refractivity contribution < 1.29 is 14.3 Å². The van der Waals surface area contributed by atoms with Gasteiger partial charge in [-0.2, -0.15) is 0 Å². The Hall–Kier alpha value is -1.84. The highest BCUT2D eigenvalue weighted by Gasteiger charge is 2.16. The van der Waals surface area contributed by atoms with Crippen molar-refractivity contribution in [1.82, 2.24) is 5.32 Å². The number of rotatable bonds is 7. The minimum Gasteiger partial charge on any atom is -0.445 e. The van der Waals surface area contributed by atoms with Gasteiger partial charge in [-0.15, -0.1) is 0 Å². The molecule has 20 heavy (non-hydrogen) atoms. The summed E-state index contributed by atoms with van der Waals surface area (Å²) in [5.41, 5.74) is 0.939. The van der Waals surface area contributed by atoms with E-state index in [-0.39, 0.29) is 18.4 Å². The molecule has 0 aliphatic carbocycles. The molecule has 4 nitrogen and oxygen atoms in total. The van der Waals surface area contributed by atoms with Gasteiger partial charge in [0.25, 0.3) is 0 Å². The van der Waals surface area contributed by atoms with Crippen molar-refractivity contribution in [2.75, 3.05) is 0 Å². The third kappa shape index (κ3) is 6.92. The first-order chi connectivity index (χ1) is 9.47. The van der Waals surface area contributed by atoms with E-state index in [9.17, 15) is 9.59 Å². The number of carbonyl (C=O) groups is 2. The molecule has 0 spiro atoms. The Bertz CT molecular complexity index is 429. The zero-order chi connectivity index (χ0) is 15.0. The van der Waals surface area contributed by atoms with E-state index in [0.717, 1.165) is 12.0 Å². The summed E-state index contributed by atoms with van der Waals surface area (Å²) in [5.74, 6) is 0.479. The molecule has 0 saturated heterocycles. The Balaban J connectivity index is 2.42. The number of ketones is 1. The summed E-state index contributed by atoms with van der Waals surface area (Å²) in [7, 11) is 0. The molecule has 0 aliphatic heterocycles. The smallest absolute Gasteiger partial charge is 0.407 e. The van der Waals surface area contributed by atoms with Gasteiger partial charge >= 0.3 is 6.09 Å². The maximum Gasteiger partial charge on any atom is 0.407 e. The number of carbonyl (C=O) groups excluding carboxylic acids is 2. The van der Waals surface area contributed by atoms with E-state index in [4.69, 9.17) is 4.74 Å². The molecule has 1 amide bonds. The fourth-order valence-electron chi connectivity index (χ4n) is 2.04. The highest BCUT2D eigenvalue weighted by atomic mass is 16.5. The second kappa shape index (κ2) is 8.35. The molecule has 0 radical (unpaired) electrons. The van der Waals surface area contributed by atoms with Crippen LogP contribution in [0.3, 0.4) is 0 Å². The Labute approximate surface area is 120 Å². The molecule has 1 aromatic carbocycles. The Morgan fingerprint density at radius 1 is 1.20 bits per heavy atom. The van der Waals surface area contributed by atoms with Crippen LogP contribution in [0, 0.1) is 5.92 Å². The van der Waals surface area contributed by atoms with Crippen LogP contribution in [0.2, 0.25) is 0 Å². The monoisotopic (exact) mass is 277 g/mol. The Kier molecular flexibility index (Phi) is 6.77.